The second-order valence-corrected chi connectivity index (χ2v) is 5.42. The average Bonchev–Trinajstić information content (AvgIpc) is 2.78. The van der Waals surface area contributed by atoms with E-state index in [1.807, 2.05) is 4.90 Å². The lowest BCUT2D eigenvalue weighted by molar-refractivity contribution is 0.150. The van der Waals surface area contributed by atoms with Crippen LogP contribution in [-0.4, -0.2) is 29.3 Å². The van der Waals surface area contributed by atoms with E-state index < -0.39 is 6.43 Å². The summed E-state index contributed by atoms with van der Waals surface area (Å²) >= 11 is 0.966. The summed E-state index contributed by atoms with van der Waals surface area (Å²) in [7, 11) is 0. The molecule has 1 aromatic heterocycles. The van der Waals surface area contributed by atoms with Crippen molar-refractivity contribution >= 4 is 16.5 Å². The highest BCUT2D eigenvalue weighted by Gasteiger charge is 2.28. The number of aromatic nitrogens is 2. The summed E-state index contributed by atoms with van der Waals surface area (Å²) in [5, 5.41) is 7.72. The molecule has 0 aliphatic carbocycles. The van der Waals surface area contributed by atoms with Crippen molar-refractivity contribution in [2.75, 3.05) is 18.0 Å². The van der Waals surface area contributed by atoms with Gasteiger partial charge in [-0.3, -0.25) is 0 Å². The fourth-order valence-electron chi connectivity index (χ4n) is 2.16. The molecule has 1 aliphatic heterocycles. The summed E-state index contributed by atoms with van der Waals surface area (Å²) in [5.74, 6) is 0.627. The third kappa shape index (κ3) is 2.71. The van der Waals surface area contributed by atoms with Crippen molar-refractivity contribution in [2.45, 2.75) is 32.2 Å². The number of hydrogen-bond acceptors (Lipinski definition) is 5. The number of anilines is 1. The number of alkyl halides is 2. The van der Waals surface area contributed by atoms with Gasteiger partial charge in [-0.25, -0.2) is 8.78 Å². The zero-order valence-corrected chi connectivity index (χ0v) is 10.5. The zero-order chi connectivity index (χ0) is 12.4. The lowest BCUT2D eigenvalue weighted by Crippen LogP contribution is -2.46. The molecule has 1 aliphatic rings. The number of piperidine rings is 1. The lowest BCUT2D eigenvalue weighted by atomic mass is 9.93. The Morgan fingerprint density at radius 1 is 1.53 bits per heavy atom. The van der Waals surface area contributed by atoms with Gasteiger partial charge in [0, 0.05) is 19.1 Å². The van der Waals surface area contributed by atoms with Crippen LogP contribution in [0.4, 0.5) is 13.9 Å². The largest absolute Gasteiger partial charge is 0.342 e. The predicted octanol–water partition coefficient (Wildman–Crippen LogP) is 2.04. The maximum absolute atomic E-state index is 12.5. The van der Waals surface area contributed by atoms with Gasteiger partial charge in [0.05, 0.1) is 0 Å². The van der Waals surface area contributed by atoms with Gasteiger partial charge in [0.2, 0.25) is 5.13 Å². The molecule has 17 heavy (non-hydrogen) atoms. The van der Waals surface area contributed by atoms with E-state index in [0.29, 0.717) is 17.6 Å². The van der Waals surface area contributed by atoms with Crippen molar-refractivity contribution in [3.05, 3.63) is 5.01 Å². The Bertz CT molecular complexity index is 371. The Morgan fingerprint density at radius 3 is 2.88 bits per heavy atom. The summed E-state index contributed by atoms with van der Waals surface area (Å²) in [6.45, 7) is 3.53. The highest BCUT2D eigenvalue weighted by atomic mass is 32.1. The standard InChI is InChI=1S/C10H16F2N4S/c1-6-2-3-16(7(4-6)5-13)10-15-14-9(17-10)8(11)12/h6-8H,2-5,13H2,1H3. The van der Waals surface area contributed by atoms with Crippen LogP contribution >= 0.6 is 11.3 Å². The molecule has 1 fully saturated rings. The molecule has 0 amide bonds. The van der Waals surface area contributed by atoms with Gasteiger partial charge in [0.25, 0.3) is 6.43 Å². The van der Waals surface area contributed by atoms with Crippen LogP contribution in [0.1, 0.15) is 31.2 Å². The van der Waals surface area contributed by atoms with Gasteiger partial charge in [-0.05, 0) is 18.8 Å². The molecule has 2 unspecified atom stereocenters. The van der Waals surface area contributed by atoms with Gasteiger partial charge < -0.3 is 10.6 Å². The van der Waals surface area contributed by atoms with Gasteiger partial charge in [-0.1, -0.05) is 18.3 Å². The minimum Gasteiger partial charge on any atom is -0.342 e. The van der Waals surface area contributed by atoms with Crippen LogP contribution in [0.3, 0.4) is 0 Å². The molecule has 2 atom stereocenters. The van der Waals surface area contributed by atoms with Crippen LogP contribution < -0.4 is 10.6 Å². The minimum absolute atomic E-state index is 0.192. The number of halogens is 2. The monoisotopic (exact) mass is 262 g/mol. The summed E-state index contributed by atoms with van der Waals surface area (Å²) in [6.07, 6.45) is -0.513. The third-order valence-corrected chi connectivity index (χ3v) is 4.08. The van der Waals surface area contributed by atoms with Gasteiger partial charge in [-0.2, -0.15) is 0 Å². The maximum Gasteiger partial charge on any atom is 0.291 e. The van der Waals surface area contributed by atoms with E-state index in [9.17, 15) is 8.78 Å². The first-order valence-electron chi connectivity index (χ1n) is 5.70. The average molecular weight is 262 g/mol. The fourth-order valence-corrected chi connectivity index (χ4v) is 2.95. The van der Waals surface area contributed by atoms with E-state index >= 15 is 0 Å². The van der Waals surface area contributed by atoms with Crippen molar-refractivity contribution in [1.29, 1.82) is 0 Å². The summed E-state index contributed by atoms with van der Waals surface area (Å²) in [6, 6.07) is 0.192. The molecule has 2 N–H and O–H groups in total. The molecule has 1 aromatic rings. The Kier molecular flexibility index (Phi) is 3.88. The molecule has 7 heteroatoms. The van der Waals surface area contributed by atoms with Crippen LogP contribution in [0, 0.1) is 5.92 Å². The highest BCUT2D eigenvalue weighted by molar-refractivity contribution is 7.15. The van der Waals surface area contributed by atoms with Gasteiger partial charge >= 0.3 is 0 Å². The summed E-state index contributed by atoms with van der Waals surface area (Å²) in [4.78, 5) is 2.02. The van der Waals surface area contributed by atoms with Crippen LogP contribution in [0.15, 0.2) is 0 Å². The van der Waals surface area contributed by atoms with Gasteiger partial charge in [-0.15, -0.1) is 10.2 Å². The van der Waals surface area contributed by atoms with Gasteiger partial charge in [0.1, 0.15) is 0 Å². The highest BCUT2D eigenvalue weighted by Crippen LogP contribution is 2.32. The van der Waals surface area contributed by atoms with Crippen molar-refractivity contribution in [1.82, 2.24) is 10.2 Å². The molecular formula is C10H16F2N4S. The van der Waals surface area contributed by atoms with Crippen molar-refractivity contribution < 1.29 is 8.78 Å². The second kappa shape index (κ2) is 5.22. The van der Waals surface area contributed by atoms with E-state index in [2.05, 4.69) is 17.1 Å². The SMILES string of the molecule is CC1CCN(c2nnc(C(F)F)s2)C(CN)C1. The smallest absolute Gasteiger partial charge is 0.291 e. The number of nitrogens with zero attached hydrogens (tertiary/aromatic N) is 3. The molecule has 0 saturated carbocycles. The molecule has 4 nitrogen and oxygen atoms in total. The van der Waals surface area contributed by atoms with E-state index in [4.69, 9.17) is 5.73 Å². The minimum atomic E-state index is -2.54. The first kappa shape index (κ1) is 12.6. The van der Waals surface area contributed by atoms with E-state index in [-0.39, 0.29) is 11.0 Å². The molecule has 96 valence electrons. The molecule has 2 heterocycles. The van der Waals surface area contributed by atoms with E-state index in [0.717, 1.165) is 30.7 Å². The Hall–Kier alpha value is -0.820. The molecule has 0 spiro atoms. The number of hydrogen-bond donors (Lipinski definition) is 1. The lowest BCUT2D eigenvalue weighted by Gasteiger charge is -2.37. The molecule has 0 bridgehead atoms. The normalized spacial score (nSPS) is 25.6. The molecule has 2 rings (SSSR count). The topological polar surface area (TPSA) is 55.0 Å². The van der Waals surface area contributed by atoms with E-state index in [1.54, 1.807) is 0 Å². The number of nitrogens with two attached hydrogens (primary N) is 1. The summed E-state index contributed by atoms with van der Waals surface area (Å²) in [5.41, 5.74) is 5.73. The zero-order valence-electron chi connectivity index (χ0n) is 9.64. The van der Waals surface area contributed by atoms with E-state index in [1.165, 1.54) is 0 Å². The van der Waals surface area contributed by atoms with Gasteiger partial charge in [0.15, 0.2) is 5.01 Å². The van der Waals surface area contributed by atoms with Crippen LogP contribution in [0.5, 0.6) is 0 Å². The number of rotatable bonds is 3. The Balaban J connectivity index is 2.14. The molecular weight excluding hydrogens is 246 g/mol. The Labute approximate surface area is 103 Å². The Morgan fingerprint density at radius 2 is 2.29 bits per heavy atom. The maximum atomic E-state index is 12.5. The van der Waals surface area contributed by atoms with Crippen LogP contribution in [0.2, 0.25) is 0 Å². The molecule has 0 aromatic carbocycles. The second-order valence-electron chi connectivity index (χ2n) is 4.44. The first-order chi connectivity index (χ1) is 8.11. The third-order valence-electron chi connectivity index (χ3n) is 3.11. The van der Waals surface area contributed by atoms with Crippen LogP contribution in [0.25, 0.3) is 0 Å². The molecule has 1 saturated heterocycles. The quantitative estimate of drug-likeness (QED) is 0.905. The summed E-state index contributed by atoms with van der Waals surface area (Å²) < 4.78 is 24.9. The van der Waals surface area contributed by atoms with Crippen molar-refractivity contribution in [3.63, 3.8) is 0 Å². The van der Waals surface area contributed by atoms with Crippen molar-refractivity contribution in [2.24, 2.45) is 11.7 Å². The first-order valence-corrected chi connectivity index (χ1v) is 6.51. The fraction of sp³-hybridized carbons (Fsp3) is 0.800. The van der Waals surface area contributed by atoms with Crippen molar-refractivity contribution in [3.8, 4) is 0 Å². The van der Waals surface area contributed by atoms with Crippen LogP contribution in [-0.2, 0) is 0 Å². The molecule has 0 radical (unpaired) electrons. The predicted molar refractivity (Wildman–Crippen MR) is 63.5 cm³/mol.